The van der Waals surface area contributed by atoms with Crippen molar-refractivity contribution in [2.75, 3.05) is 29.7 Å². The zero-order valence-corrected chi connectivity index (χ0v) is 24.8. The van der Waals surface area contributed by atoms with Crippen LogP contribution in [0.4, 0.5) is 10.9 Å². The number of likely N-dealkylation sites (tertiary alicyclic amines) is 1. The summed E-state index contributed by atoms with van der Waals surface area (Å²) in [6.07, 6.45) is 4.71. The first-order valence-corrected chi connectivity index (χ1v) is 15.1. The number of aromatic nitrogens is 1. The third-order valence-corrected chi connectivity index (χ3v) is 9.04. The number of esters is 2. The lowest BCUT2D eigenvalue weighted by atomic mass is 9.98. The summed E-state index contributed by atoms with van der Waals surface area (Å²) in [7, 11) is 0. The zero-order valence-electron chi connectivity index (χ0n) is 23.1. The average Bonchev–Trinajstić information content (AvgIpc) is 3.59. The summed E-state index contributed by atoms with van der Waals surface area (Å²) in [6, 6.07) is -0.857. The third-order valence-electron chi connectivity index (χ3n) is 7.09. The molecule has 3 aliphatic heterocycles. The van der Waals surface area contributed by atoms with Crippen molar-refractivity contribution in [1.29, 1.82) is 0 Å². The minimum absolute atomic E-state index is 0.0906. The highest BCUT2D eigenvalue weighted by atomic mass is 32.2. The molecule has 0 bridgehead atoms. The normalized spacial score (nSPS) is 23.4. The number of oxime groups is 1. The van der Waals surface area contributed by atoms with Gasteiger partial charge in [-0.05, 0) is 51.7 Å². The molecule has 1 saturated carbocycles. The van der Waals surface area contributed by atoms with Gasteiger partial charge in [0, 0.05) is 29.3 Å². The first-order chi connectivity index (χ1) is 19.9. The molecule has 5 rings (SSSR count). The van der Waals surface area contributed by atoms with Crippen LogP contribution in [0, 0.1) is 5.41 Å². The molecule has 1 aromatic heterocycles. The number of nitrogen functional groups attached to an aromatic ring is 1. The van der Waals surface area contributed by atoms with E-state index in [1.165, 1.54) is 22.0 Å². The van der Waals surface area contributed by atoms with Crippen molar-refractivity contribution >= 4 is 69.9 Å². The summed E-state index contributed by atoms with van der Waals surface area (Å²) < 4.78 is 10.4. The van der Waals surface area contributed by atoms with Gasteiger partial charge in [0.1, 0.15) is 29.1 Å². The number of ether oxygens (including phenoxy) is 2. The van der Waals surface area contributed by atoms with Crippen molar-refractivity contribution < 1.29 is 38.7 Å². The molecule has 4 heterocycles. The van der Waals surface area contributed by atoms with E-state index in [0.717, 1.165) is 29.1 Å². The maximum absolute atomic E-state index is 13.7. The minimum Gasteiger partial charge on any atom is -0.427 e. The number of anilines is 2. The summed E-state index contributed by atoms with van der Waals surface area (Å²) in [4.78, 5) is 73.4. The van der Waals surface area contributed by atoms with Crippen LogP contribution in [0.25, 0.3) is 0 Å². The lowest BCUT2D eigenvalue weighted by molar-refractivity contribution is -0.173. The van der Waals surface area contributed by atoms with E-state index in [9.17, 15) is 24.0 Å². The maximum atomic E-state index is 13.7. The third kappa shape index (κ3) is 5.60. The average molecular weight is 619 g/mol. The number of β-lactam (4-membered cyclic amide) rings is 1. The molecule has 1 aromatic rings. The molecule has 1 aliphatic carbocycles. The minimum atomic E-state index is -1.10. The Morgan fingerprint density at radius 1 is 1.26 bits per heavy atom. The van der Waals surface area contributed by atoms with Gasteiger partial charge in [-0.3, -0.25) is 29.0 Å². The zero-order chi connectivity index (χ0) is 30.3. The van der Waals surface area contributed by atoms with Crippen molar-refractivity contribution in [3.05, 3.63) is 28.3 Å². The molecule has 14 nitrogen and oxygen atoms in total. The standard InChI is InChI=1S/C26H30N6O8S2/c1-26(2,3)24(37)40-12-39-23(36)18-14(8-13-6-7-30(20(13)34)15-4-5-15)10-41-22-19(21(35)32(18)22)31(17(33)9-28-38)16-11-42-25(27)29-16/h8-9,11,15,19,22,38H,4-7,10,12H2,1-3H3,(H2,27,29)/b13-8+,28-9-/t19-,22-/m1/s1. The van der Waals surface area contributed by atoms with Crippen LogP contribution >= 0.6 is 23.1 Å². The lowest BCUT2D eigenvalue weighted by Gasteiger charge is -2.52. The van der Waals surface area contributed by atoms with Crippen LogP contribution in [0.2, 0.25) is 0 Å². The van der Waals surface area contributed by atoms with Gasteiger partial charge in [0.15, 0.2) is 5.13 Å². The van der Waals surface area contributed by atoms with E-state index in [0.29, 0.717) is 30.3 Å². The Labute approximate surface area is 249 Å². The molecule has 0 spiro atoms. The van der Waals surface area contributed by atoms with Gasteiger partial charge >= 0.3 is 11.9 Å². The van der Waals surface area contributed by atoms with Crippen LogP contribution in [-0.4, -0.2) is 92.4 Å². The summed E-state index contributed by atoms with van der Waals surface area (Å²) in [5.74, 6) is -2.72. The highest BCUT2D eigenvalue weighted by molar-refractivity contribution is 8.00. The molecule has 224 valence electrons. The van der Waals surface area contributed by atoms with E-state index >= 15 is 0 Å². The molecule has 2 atom stereocenters. The number of amides is 3. The Morgan fingerprint density at radius 3 is 2.62 bits per heavy atom. The number of hydrogen-bond acceptors (Lipinski definition) is 13. The topological polar surface area (TPSA) is 185 Å². The summed E-state index contributed by atoms with van der Waals surface area (Å²) >= 11 is 2.34. The number of hydrogen-bond donors (Lipinski definition) is 2. The molecular formula is C26H30N6O8S2. The number of nitrogens with two attached hydrogens (primary N) is 1. The van der Waals surface area contributed by atoms with E-state index in [2.05, 4.69) is 10.1 Å². The summed E-state index contributed by atoms with van der Waals surface area (Å²) in [5.41, 5.74) is 5.77. The Kier molecular flexibility index (Phi) is 8.02. The molecule has 0 unspecified atom stereocenters. The Hall–Kier alpha value is -3.92. The molecule has 16 heteroatoms. The van der Waals surface area contributed by atoms with Crippen LogP contribution in [0.1, 0.15) is 40.0 Å². The first kappa shape index (κ1) is 29.6. The fraction of sp³-hybridized carbons (Fsp3) is 0.500. The van der Waals surface area contributed by atoms with E-state index < -0.39 is 47.4 Å². The van der Waals surface area contributed by atoms with Gasteiger partial charge < -0.3 is 25.3 Å². The number of nitrogens with zero attached hydrogens (tertiary/aromatic N) is 5. The van der Waals surface area contributed by atoms with Crippen LogP contribution in [-0.2, 0) is 33.4 Å². The van der Waals surface area contributed by atoms with Crippen LogP contribution in [0.15, 0.2) is 33.5 Å². The van der Waals surface area contributed by atoms with Gasteiger partial charge in [-0.25, -0.2) is 9.78 Å². The molecule has 0 radical (unpaired) electrons. The number of allylic oxidation sites excluding steroid dienone is 1. The highest BCUT2D eigenvalue weighted by Gasteiger charge is 2.58. The smallest absolute Gasteiger partial charge is 0.358 e. The quantitative estimate of drug-likeness (QED) is 0.0818. The summed E-state index contributed by atoms with van der Waals surface area (Å²) in [5, 5.41) is 12.7. The molecule has 2 saturated heterocycles. The number of fused-ring (bicyclic) bond motifs is 1. The van der Waals surface area contributed by atoms with Gasteiger partial charge in [-0.2, -0.15) is 0 Å². The second kappa shape index (κ2) is 11.4. The molecule has 42 heavy (non-hydrogen) atoms. The van der Waals surface area contributed by atoms with E-state index in [-0.39, 0.29) is 34.3 Å². The molecule has 3 N–H and O–H groups in total. The molecule has 4 aliphatic rings. The highest BCUT2D eigenvalue weighted by Crippen LogP contribution is 2.45. The Bertz CT molecular complexity index is 1430. The van der Waals surface area contributed by atoms with Crippen molar-refractivity contribution in [2.45, 2.75) is 57.5 Å². The second-order valence-electron chi connectivity index (χ2n) is 11.1. The van der Waals surface area contributed by atoms with Crippen LogP contribution < -0.4 is 10.6 Å². The number of thioether (sulfide) groups is 1. The monoisotopic (exact) mass is 618 g/mol. The second-order valence-corrected chi connectivity index (χ2v) is 13.1. The van der Waals surface area contributed by atoms with Crippen molar-refractivity contribution in [3.8, 4) is 0 Å². The van der Waals surface area contributed by atoms with Gasteiger partial charge in [0.25, 0.3) is 11.8 Å². The van der Waals surface area contributed by atoms with Gasteiger partial charge in [-0.15, -0.1) is 23.1 Å². The number of carbonyl (C=O) groups excluding carboxylic acids is 5. The SMILES string of the molecule is CC(C)(C)C(=O)OCOC(=O)C1=C(/C=C2\CCN(C3CC3)C2=O)CS[C@@H]2[C@H](N(C(=O)/C=N\O)c3csc(N)n3)C(=O)N12. The number of carbonyl (C=O) groups is 5. The van der Waals surface area contributed by atoms with Gasteiger partial charge in [0.2, 0.25) is 12.7 Å². The molecular weight excluding hydrogens is 588 g/mol. The Balaban J connectivity index is 1.45. The van der Waals surface area contributed by atoms with Crippen LogP contribution in [0.5, 0.6) is 0 Å². The van der Waals surface area contributed by atoms with Gasteiger partial charge in [-0.1, -0.05) is 5.16 Å². The lowest BCUT2D eigenvalue weighted by Crippen LogP contribution is -2.72. The van der Waals surface area contributed by atoms with Crippen molar-refractivity contribution in [2.24, 2.45) is 10.6 Å². The fourth-order valence-corrected chi connectivity index (χ4v) is 6.74. The van der Waals surface area contributed by atoms with Gasteiger partial charge in [0.05, 0.1) is 5.41 Å². The van der Waals surface area contributed by atoms with Crippen molar-refractivity contribution in [1.82, 2.24) is 14.8 Å². The largest absolute Gasteiger partial charge is 0.427 e. The number of rotatable bonds is 8. The predicted octanol–water partition coefficient (Wildman–Crippen LogP) is 1.47. The molecule has 3 fully saturated rings. The summed E-state index contributed by atoms with van der Waals surface area (Å²) in [6.45, 7) is 4.88. The van der Waals surface area contributed by atoms with E-state index in [1.54, 1.807) is 26.8 Å². The fourth-order valence-electron chi connectivity index (χ4n) is 4.86. The van der Waals surface area contributed by atoms with Crippen LogP contribution in [0.3, 0.4) is 0 Å². The van der Waals surface area contributed by atoms with E-state index in [1.807, 2.05) is 4.90 Å². The predicted molar refractivity (Wildman–Crippen MR) is 152 cm³/mol. The molecule has 0 aromatic carbocycles. The Morgan fingerprint density at radius 2 is 2.00 bits per heavy atom. The first-order valence-electron chi connectivity index (χ1n) is 13.2. The van der Waals surface area contributed by atoms with Crippen molar-refractivity contribution in [3.63, 3.8) is 0 Å². The van der Waals surface area contributed by atoms with E-state index in [4.69, 9.17) is 20.4 Å². The number of thiazole rings is 1. The maximum Gasteiger partial charge on any atom is 0.358 e. The molecule has 3 amide bonds.